The molecule has 0 atom stereocenters. The number of benzene rings is 1. The van der Waals surface area contributed by atoms with Crippen molar-refractivity contribution in [1.82, 2.24) is 0 Å². The lowest BCUT2D eigenvalue weighted by atomic mass is 9.61. The van der Waals surface area contributed by atoms with Crippen LogP contribution < -0.4 is 0 Å². The van der Waals surface area contributed by atoms with Crippen LogP contribution in [0.5, 0.6) is 0 Å². The minimum absolute atomic E-state index is 0.162. The molecule has 0 aromatic heterocycles. The highest BCUT2D eigenvalue weighted by atomic mass is 79.9. The van der Waals surface area contributed by atoms with Gasteiger partial charge in [-0.3, -0.25) is 0 Å². The molecule has 0 amide bonds. The van der Waals surface area contributed by atoms with Crippen LogP contribution in [0.15, 0.2) is 33.6 Å². The van der Waals surface area contributed by atoms with Gasteiger partial charge in [-0.05, 0) is 49.3 Å². The fourth-order valence-electron chi connectivity index (χ4n) is 3.57. The van der Waals surface area contributed by atoms with E-state index in [2.05, 4.69) is 34.1 Å². The van der Waals surface area contributed by atoms with Crippen molar-refractivity contribution in [1.29, 1.82) is 5.26 Å². The maximum absolute atomic E-state index is 9.53. The van der Waals surface area contributed by atoms with Crippen LogP contribution in [0.1, 0.15) is 38.5 Å². The number of nitriles is 1. The standard InChI is InChI=1S/C15H16BrNS/c16-12-4-3-5-13(8-12)18-15(11-17)9-14(10-15)6-1-2-7-14/h3-5,8H,1-2,6-7,9-10H2. The largest absolute Gasteiger partial charge is 0.197 e. The number of halogens is 1. The van der Waals surface area contributed by atoms with Crippen molar-refractivity contribution < 1.29 is 0 Å². The monoisotopic (exact) mass is 321 g/mol. The normalized spacial score (nSPS) is 23.6. The highest BCUT2D eigenvalue weighted by molar-refractivity contribution is 9.10. The maximum Gasteiger partial charge on any atom is 0.108 e. The third kappa shape index (κ3) is 2.21. The van der Waals surface area contributed by atoms with E-state index in [9.17, 15) is 5.26 Å². The average molecular weight is 322 g/mol. The second-order valence-electron chi connectivity index (χ2n) is 5.73. The zero-order valence-corrected chi connectivity index (χ0v) is 12.7. The summed E-state index contributed by atoms with van der Waals surface area (Å²) in [5.74, 6) is 0. The topological polar surface area (TPSA) is 23.8 Å². The summed E-state index contributed by atoms with van der Waals surface area (Å²) in [4.78, 5) is 1.21. The van der Waals surface area contributed by atoms with Gasteiger partial charge in [0, 0.05) is 9.37 Å². The van der Waals surface area contributed by atoms with Gasteiger partial charge in [0.1, 0.15) is 4.75 Å². The molecule has 1 spiro atoms. The fraction of sp³-hybridized carbons (Fsp3) is 0.533. The van der Waals surface area contributed by atoms with Crippen molar-refractivity contribution in [2.75, 3.05) is 0 Å². The average Bonchev–Trinajstić information content (AvgIpc) is 2.77. The Morgan fingerprint density at radius 1 is 1.22 bits per heavy atom. The van der Waals surface area contributed by atoms with Crippen molar-refractivity contribution in [2.24, 2.45) is 5.41 Å². The summed E-state index contributed by atoms with van der Waals surface area (Å²) in [6.07, 6.45) is 7.60. The van der Waals surface area contributed by atoms with Crippen LogP contribution in [0, 0.1) is 16.7 Å². The summed E-state index contributed by atoms with van der Waals surface area (Å²) >= 11 is 5.26. The molecule has 0 heterocycles. The molecule has 3 rings (SSSR count). The Hall–Kier alpha value is -0.460. The van der Waals surface area contributed by atoms with E-state index in [1.807, 2.05) is 12.1 Å². The molecule has 0 unspecified atom stereocenters. The zero-order valence-electron chi connectivity index (χ0n) is 10.3. The summed E-state index contributed by atoms with van der Waals surface area (Å²) in [6, 6.07) is 10.9. The Morgan fingerprint density at radius 3 is 2.56 bits per heavy atom. The molecular weight excluding hydrogens is 306 g/mol. The van der Waals surface area contributed by atoms with E-state index in [4.69, 9.17) is 0 Å². The van der Waals surface area contributed by atoms with Crippen LogP contribution >= 0.6 is 27.7 Å². The molecule has 2 aliphatic rings. The Morgan fingerprint density at radius 2 is 1.94 bits per heavy atom. The number of hydrogen-bond acceptors (Lipinski definition) is 2. The van der Waals surface area contributed by atoms with E-state index < -0.39 is 0 Å². The molecule has 0 N–H and O–H groups in total. The van der Waals surface area contributed by atoms with Crippen LogP contribution in [0.25, 0.3) is 0 Å². The second-order valence-corrected chi connectivity index (χ2v) is 8.10. The number of hydrogen-bond donors (Lipinski definition) is 0. The van der Waals surface area contributed by atoms with E-state index in [0.717, 1.165) is 17.3 Å². The quantitative estimate of drug-likeness (QED) is 0.751. The Bertz CT molecular complexity index is 491. The third-order valence-corrected chi connectivity index (χ3v) is 6.05. The Balaban J connectivity index is 1.73. The van der Waals surface area contributed by atoms with E-state index in [0.29, 0.717) is 5.41 Å². The lowest BCUT2D eigenvalue weighted by molar-refractivity contribution is 0.119. The van der Waals surface area contributed by atoms with E-state index in [1.165, 1.54) is 30.6 Å². The van der Waals surface area contributed by atoms with Gasteiger partial charge in [0.15, 0.2) is 0 Å². The summed E-state index contributed by atoms with van der Waals surface area (Å²) < 4.78 is 0.931. The van der Waals surface area contributed by atoms with Crippen LogP contribution in [-0.2, 0) is 0 Å². The SMILES string of the molecule is N#CC1(Sc2cccc(Br)c2)CC2(CCCC2)C1. The molecule has 0 aliphatic heterocycles. The first-order valence-corrected chi connectivity index (χ1v) is 8.12. The summed E-state index contributed by atoms with van der Waals surface area (Å²) in [6.45, 7) is 0. The number of rotatable bonds is 2. The van der Waals surface area contributed by atoms with Gasteiger partial charge in [-0.1, -0.05) is 34.8 Å². The summed E-state index contributed by atoms with van der Waals surface area (Å²) in [5, 5.41) is 9.53. The first-order valence-electron chi connectivity index (χ1n) is 6.51. The highest BCUT2D eigenvalue weighted by Crippen LogP contribution is 2.63. The smallest absolute Gasteiger partial charge is 0.108 e. The van der Waals surface area contributed by atoms with Gasteiger partial charge in [0.25, 0.3) is 0 Å². The Labute approximate surface area is 121 Å². The molecule has 2 fully saturated rings. The lowest BCUT2D eigenvalue weighted by Gasteiger charge is -2.50. The van der Waals surface area contributed by atoms with Crippen molar-refractivity contribution in [3.63, 3.8) is 0 Å². The molecule has 0 bridgehead atoms. The third-order valence-electron chi connectivity index (χ3n) is 4.30. The fourth-order valence-corrected chi connectivity index (χ4v) is 5.71. The molecule has 1 aromatic carbocycles. The van der Waals surface area contributed by atoms with Crippen molar-refractivity contribution in [2.45, 2.75) is 48.2 Å². The van der Waals surface area contributed by atoms with Crippen LogP contribution in [0.2, 0.25) is 0 Å². The molecule has 2 aliphatic carbocycles. The number of thioether (sulfide) groups is 1. The van der Waals surface area contributed by atoms with E-state index >= 15 is 0 Å². The molecule has 94 valence electrons. The highest BCUT2D eigenvalue weighted by Gasteiger charge is 2.56. The van der Waals surface area contributed by atoms with Gasteiger partial charge in [-0.25, -0.2) is 0 Å². The molecular formula is C15H16BrNS. The predicted octanol–water partition coefficient (Wildman–Crippen LogP) is 5.16. The maximum atomic E-state index is 9.53. The van der Waals surface area contributed by atoms with E-state index in [-0.39, 0.29) is 4.75 Å². The lowest BCUT2D eigenvalue weighted by Crippen LogP contribution is -2.47. The summed E-state index contributed by atoms with van der Waals surface area (Å²) in [7, 11) is 0. The first kappa shape index (κ1) is 12.6. The van der Waals surface area contributed by atoms with Crippen molar-refractivity contribution in [3.05, 3.63) is 28.7 Å². The number of nitrogens with zero attached hydrogens (tertiary/aromatic N) is 1. The van der Waals surface area contributed by atoms with Gasteiger partial charge in [-0.15, -0.1) is 11.8 Å². The summed E-state index contributed by atoms with van der Waals surface area (Å²) in [5.41, 5.74) is 0.523. The molecule has 2 saturated carbocycles. The molecule has 0 saturated heterocycles. The van der Waals surface area contributed by atoms with Gasteiger partial charge in [0.2, 0.25) is 0 Å². The van der Waals surface area contributed by atoms with E-state index in [1.54, 1.807) is 11.8 Å². The molecule has 1 nitrogen and oxygen atoms in total. The van der Waals surface area contributed by atoms with Crippen molar-refractivity contribution in [3.8, 4) is 6.07 Å². The molecule has 3 heteroatoms. The molecule has 18 heavy (non-hydrogen) atoms. The Kier molecular flexibility index (Phi) is 3.20. The minimum Gasteiger partial charge on any atom is -0.197 e. The van der Waals surface area contributed by atoms with Crippen LogP contribution in [-0.4, -0.2) is 4.75 Å². The molecule has 1 aromatic rings. The minimum atomic E-state index is -0.162. The van der Waals surface area contributed by atoms with Gasteiger partial charge in [-0.2, -0.15) is 5.26 Å². The first-order chi connectivity index (χ1) is 8.65. The van der Waals surface area contributed by atoms with Gasteiger partial charge in [0.05, 0.1) is 6.07 Å². The molecule has 0 radical (unpaired) electrons. The second kappa shape index (κ2) is 4.58. The van der Waals surface area contributed by atoms with Crippen LogP contribution in [0.3, 0.4) is 0 Å². The van der Waals surface area contributed by atoms with Gasteiger partial charge >= 0.3 is 0 Å². The van der Waals surface area contributed by atoms with Crippen LogP contribution in [0.4, 0.5) is 0 Å². The predicted molar refractivity (Wildman–Crippen MR) is 78.5 cm³/mol. The van der Waals surface area contributed by atoms with Crippen molar-refractivity contribution >= 4 is 27.7 Å². The van der Waals surface area contributed by atoms with Gasteiger partial charge < -0.3 is 0 Å². The zero-order chi connectivity index (χ0) is 12.6.